The van der Waals surface area contributed by atoms with Crippen LogP contribution in [0.4, 0.5) is 0 Å². The fraction of sp³-hybridized carbons (Fsp3) is 0.846. The van der Waals surface area contributed by atoms with Crippen LogP contribution in [0.15, 0.2) is 0 Å². The average molecular weight is 234 g/mol. The van der Waals surface area contributed by atoms with Gasteiger partial charge in [0.15, 0.2) is 0 Å². The minimum Gasteiger partial charge on any atom is -0.317 e. The van der Waals surface area contributed by atoms with Gasteiger partial charge in [-0.15, -0.1) is 10.2 Å². The van der Waals surface area contributed by atoms with E-state index < -0.39 is 0 Å². The van der Waals surface area contributed by atoms with E-state index in [4.69, 9.17) is 0 Å². The Kier molecular flexibility index (Phi) is 3.14. The van der Waals surface area contributed by atoms with Gasteiger partial charge in [0, 0.05) is 12.5 Å². The molecule has 0 bridgehead atoms. The summed E-state index contributed by atoms with van der Waals surface area (Å²) in [6.45, 7) is 4.47. The number of aryl methyl sites for hydroxylation is 2. The normalized spacial score (nSPS) is 21.9. The molecular weight excluding hydrogens is 212 g/mol. The van der Waals surface area contributed by atoms with E-state index in [9.17, 15) is 0 Å². The third kappa shape index (κ3) is 2.51. The Labute approximate surface area is 103 Å². The van der Waals surface area contributed by atoms with E-state index in [-0.39, 0.29) is 0 Å². The molecule has 0 unspecified atom stereocenters. The zero-order valence-electron chi connectivity index (χ0n) is 10.7. The number of aromatic nitrogens is 3. The SMILES string of the molecule is Cc1nnc(CCC2CCNCC2)n1C1CC1. The standard InChI is InChI=1S/C13H22N4/c1-10-15-16-13(17(10)12-3-4-12)5-2-11-6-8-14-9-7-11/h11-12,14H,2-9H2,1H3. The zero-order chi connectivity index (χ0) is 11.7. The summed E-state index contributed by atoms with van der Waals surface area (Å²) in [5.74, 6) is 3.22. The largest absolute Gasteiger partial charge is 0.317 e. The first-order chi connectivity index (χ1) is 8.34. The van der Waals surface area contributed by atoms with Gasteiger partial charge >= 0.3 is 0 Å². The highest BCUT2D eigenvalue weighted by Gasteiger charge is 2.28. The van der Waals surface area contributed by atoms with Crippen molar-refractivity contribution in [2.24, 2.45) is 5.92 Å². The molecule has 1 aromatic heterocycles. The molecule has 4 heteroatoms. The molecule has 1 saturated carbocycles. The van der Waals surface area contributed by atoms with Crippen molar-refractivity contribution < 1.29 is 0 Å². The van der Waals surface area contributed by atoms with Gasteiger partial charge in [0.1, 0.15) is 11.6 Å². The van der Waals surface area contributed by atoms with Crippen molar-refractivity contribution in [2.75, 3.05) is 13.1 Å². The maximum absolute atomic E-state index is 4.36. The quantitative estimate of drug-likeness (QED) is 0.864. The number of hydrogen-bond acceptors (Lipinski definition) is 3. The summed E-state index contributed by atoms with van der Waals surface area (Å²) in [5, 5.41) is 12.0. The molecular formula is C13H22N4. The van der Waals surface area contributed by atoms with E-state index in [0.717, 1.165) is 18.2 Å². The van der Waals surface area contributed by atoms with Crippen LogP contribution < -0.4 is 5.32 Å². The lowest BCUT2D eigenvalue weighted by atomic mass is 9.93. The number of nitrogens with one attached hydrogen (secondary N) is 1. The van der Waals surface area contributed by atoms with Gasteiger partial charge in [0.05, 0.1) is 0 Å². The van der Waals surface area contributed by atoms with Crippen molar-refractivity contribution in [1.29, 1.82) is 0 Å². The van der Waals surface area contributed by atoms with Crippen LogP contribution in [0, 0.1) is 12.8 Å². The predicted octanol–water partition coefficient (Wildman–Crippen LogP) is 1.85. The monoisotopic (exact) mass is 234 g/mol. The van der Waals surface area contributed by atoms with Gasteiger partial charge in [-0.25, -0.2) is 0 Å². The molecule has 0 spiro atoms. The van der Waals surface area contributed by atoms with E-state index >= 15 is 0 Å². The molecule has 0 radical (unpaired) electrons. The molecule has 1 saturated heterocycles. The van der Waals surface area contributed by atoms with E-state index in [0.29, 0.717) is 6.04 Å². The molecule has 0 aromatic carbocycles. The van der Waals surface area contributed by atoms with Crippen LogP contribution in [0.1, 0.15) is 49.8 Å². The Balaban J connectivity index is 1.60. The van der Waals surface area contributed by atoms with Crippen LogP contribution in [0.2, 0.25) is 0 Å². The first-order valence-corrected chi connectivity index (χ1v) is 6.95. The van der Waals surface area contributed by atoms with E-state index in [1.54, 1.807) is 0 Å². The highest BCUT2D eigenvalue weighted by atomic mass is 15.3. The van der Waals surface area contributed by atoms with E-state index in [1.165, 1.54) is 51.0 Å². The molecule has 17 heavy (non-hydrogen) atoms. The molecule has 2 fully saturated rings. The topological polar surface area (TPSA) is 42.7 Å². The van der Waals surface area contributed by atoms with Crippen LogP contribution in [0.25, 0.3) is 0 Å². The number of rotatable bonds is 4. The molecule has 2 aliphatic rings. The van der Waals surface area contributed by atoms with Gasteiger partial charge in [-0.2, -0.15) is 0 Å². The molecule has 94 valence electrons. The average Bonchev–Trinajstić information content (AvgIpc) is 3.12. The second-order valence-electron chi connectivity index (χ2n) is 5.50. The first kappa shape index (κ1) is 11.2. The van der Waals surface area contributed by atoms with Gasteiger partial charge < -0.3 is 9.88 Å². The summed E-state index contributed by atoms with van der Waals surface area (Å²) in [7, 11) is 0. The predicted molar refractivity (Wildman–Crippen MR) is 66.9 cm³/mol. The van der Waals surface area contributed by atoms with Gasteiger partial charge in [0.2, 0.25) is 0 Å². The van der Waals surface area contributed by atoms with E-state index in [2.05, 4.69) is 27.0 Å². The van der Waals surface area contributed by atoms with Crippen LogP contribution in [0.5, 0.6) is 0 Å². The van der Waals surface area contributed by atoms with Crippen LogP contribution >= 0.6 is 0 Å². The minimum absolute atomic E-state index is 0.716. The third-order valence-corrected chi connectivity index (χ3v) is 4.08. The van der Waals surface area contributed by atoms with Crippen molar-refractivity contribution in [1.82, 2.24) is 20.1 Å². The van der Waals surface area contributed by atoms with Gasteiger partial charge in [-0.05, 0) is 58.0 Å². The van der Waals surface area contributed by atoms with Gasteiger partial charge in [0.25, 0.3) is 0 Å². The number of piperidine rings is 1. The fourth-order valence-corrected chi connectivity index (χ4v) is 2.89. The van der Waals surface area contributed by atoms with E-state index in [1.807, 2.05) is 0 Å². The van der Waals surface area contributed by atoms with Gasteiger partial charge in [-0.3, -0.25) is 0 Å². The van der Waals surface area contributed by atoms with Crippen LogP contribution in [0.3, 0.4) is 0 Å². The molecule has 4 nitrogen and oxygen atoms in total. The highest BCUT2D eigenvalue weighted by molar-refractivity contribution is 5.01. The Hall–Kier alpha value is -0.900. The summed E-state index contributed by atoms with van der Waals surface area (Å²) in [6, 6.07) is 0.716. The minimum atomic E-state index is 0.716. The molecule has 1 N–H and O–H groups in total. The summed E-state index contributed by atoms with van der Waals surface area (Å²) >= 11 is 0. The molecule has 3 rings (SSSR count). The lowest BCUT2D eigenvalue weighted by molar-refractivity contribution is 0.350. The van der Waals surface area contributed by atoms with Crippen LogP contribution in [-0.2, 0) is 6.42 Å². The molecule has 0 amide bonds. The molecule has 1 aliphatic carbocycles. The van der Waals surface area contributed by atoms with Gasteiger partial charge in [-0.1, -0.05) is 0 Å². The second kappa shape index (κ2) is 4.77. The van der Waals surface area contributed by atoms with Crippen molar-refractivity contribution in [3.05, 3.63) is 11.6 Å². The molecule has 1 aliphatic heterocycles. The summed E-state index contributed by atoms with van der Waals surface area (Å²) in [6.07, 6.45) is 7.69. The lowest BCUT2D eigenvalue weighted by Crippen LogP contribution is -2.28. The smallest absolute Gasteiger partial charge is 0.133 e. The van der Waals surface area contributed by atoms with Crippen molar-refractivity contribution >= 4 is 0 Å². The Bertz CT molecular complexity index is 375. The second-order valence-corrected chi connectivity index (χ2v) is 5.50. The Morgan fingerprint density at radius 1 is 1.18 bits per heavy atom. The fourth-order valence-electron chi connectivity index (χ4n) is 2.89. The highest BCUT2D eigenvalue weighted by Crippen LogP contribution is 2.36. The van der Waals surface area contributed by atoms with Crippen molar-refractivity contribution in [3.63, 3.8) is 0 Å². The lowest BCUT2D eigenvalue weighted by Gasteiger charge is -2.22. The summed E-state index contributed by atoms with van der Waals surface area (Å²) in [4.78, 5) is 0. The summed E-state index contributed by atoms with van der Waals surface area (Å²) < 4.78 is 2.38. The summed E-state index contributed by atoms with van der Waals surface area (Å²) in [5.41, 5.74) is 0. The maximum Gasteiger partial charge on any atom is 0.133 e. The third-order valence-electron chi connectivity index (χ3n) is 4.08. The molecule has 0 atom stereocenters. The van der Waals surface area contributed by atoms with Crippen LogP contribution in [-0.4, -0.2) is 27.9 Å². The van der Waals surface area contributed by atoms with Crippen molar-refractivity contribution in [3.8, 4) is 0 Å². The number of nitrogens with zero attached hydrogens (tertiary/aromatic N) is 3. The molecule has 1 aromatic rings. The van der Waals surface area contributed by atoms with Crippen molar-refractivity contribution in [2.45, 2.75) is 51.5 Å². The number of hydrogen-bond donors (Lipinski definition) is 1. The maximum atomic E-state index is 4.36. The Morgan fingerprint density at radius 3 is 2.65 bits per heavy atom. The zero-order valence-corrected chi connectivity index (χ0v) is 10.7. The Morgan fingerprint density at radius 2 is 1.94 bits per heavy atom. The first-order valence-electron chi connectivity index (χ1n) is 6.95. The molecule has 2 heterocycles.